The molecule has 150 valence electrons. The van der Waals surface area contributed by atoms with E-state index < -0.39 is 11.8 Å². The van der Waals surface area contributed by atoms with Gasteiger partial charge in [-0.25, -0.2) is 9.97 Å². The van der Waals surface area contributed by atoms with Crippen molar-refractivity contribution in [3.8, 4) is 22.5 Å². The number of rotatable bonds is 4. The fourth-order valence-electron chi connectivity index (χ4n) is 2.84. The minimum Gasteiger partial charge on any atom is -0.294 e. The molecular formula is C22H18N4O2S2. The summed E-state index contributed by atoms with van der Waals surface area (Å²) in [6.45, 7) is 4.01. The van der Waals surface area contributed by atoms with E-state index >= 15 is 0 Å². The van der Waals surface area contributed by atoms with Gasteiger partial charge in [-0.05, 0) is 26.0 Å². The molecule has 0 spiro atoms. The van der Waals surface area contributed by atoms with Crippen LogP contribution in [0.15, 0.2) is 59.3 Å². The Morgan fingerprint density at radius 2 is 1.17 bits per heavy atom. The summed E-state index contributed by atoms with van der Waals surface area (Å²) in [5.74, 6) is -1.57. The Balaban J connectivity index is 1.40. The maximum absolute atomic E-state index is 12.3. The van der Waals surface area contributed by atoms with Gasteiger partial charge >= 0.3 is 11.8 Å². The molecule has 0 atom stereocenters. The molecule has 0 aliphatic rings. The molecule has 2 amide bonds. The smallest absolute Gasteiger partial charge is 0.294 e. The molecule has 0 saturated heterocycles. The molecule has 0 radical (unpaired) electrons. The van der Waals surface area contributed by atoms with E-state index in [-0.39, 0.29) is 0 Å². The molecule has 0 saturated carbocycles. The minimum atomic E-state index is -0.785. The number of nitrogens with zero attached hydrogens (tertiary/aromatic N) is 2. The standard InChI is InChI=1S/C22H18N4O2S2/c1-13-5-3-7-15(9-13)17-11-29-21(23-17)25-19(27)20(28)26-22-24-18(12-30-22)16-8-4-6-14(2)10-16/h3-12H,1-2H3,(H,23,25,27)(H,24,26,28). The highest BCUT2D eigenvalue weighted by Gasteiger charge is 2.18. The summed E-state index contributed by atoms with van der Waals surface area (Å²) in [7, 11) is 0. The molecule has 2 aromatic heterocycles. The van der Waals surface area contributed by atoms with E-state index in [1.807, 2.05) is 73.1 Å². The Morgan fingerprint density at radius 3 is 1.57 bits per heavy atom. The number of carbonyl (C=O) groups excluding carboxylic acids is 2. The molecule has 2 heterocycles. The number of hydrogen-bond donors (Lipinski definition) is 2. The van der Waals surface area contributed by atoms with Crippen LogP contribution in [0.1, 0.15) is 11.1 Å². The predicted molar refractivity (Wildman–Crippen MR) is 122 cm³/mol. The lowest BCUT2D eigenvalue weighted by Crippen LogP contribution is -2.28. The van der Waals surface area contributed by atoms with Gasteiger partial charge in [0.15, 0.2) is 10.3 Å². The second-order valence-electron chi connectivity index (χ2n) is 6.72. The van der Waals surface area contributed by atoms with Crippen molar-refractivity contribution in [3.63, 3.8) is 0 Å². The molecule has 8 heteroatoms. The maximum atomic E-state index is 12.3. The van der Waals surface area contributed by atoms with Gasteiger partial charge in [-0.1, -0.05) is 47.5 Å². The van der Waals surface area contributed by atoms with Crippen LogP contribution in [0.2, 0.25) is 0 Å². The Bertz CT molecular complexity index is 1130. The first-order valence-electron chi connectivity index (χ1n) is 9.15. The lowest BCUT2D eigenvalue weighted by atomic mass is 10.1. The largest absolute Gasteiger partial charge is 0.315 e. The quantitative estimate of drug-likeness (QED) is 0.436. The molecule has 2 aromatic carbocycles. The van der Waals surface area contributed by atoms with E-state index in [0.717, 1.165) is 33.6 Å². The summed E-state index contributed by atoms with van der Waals surface area (Å²) in [6, 6.07) is 15.9. The van der Waals surface area contributed by atoms with Crippen LogP contribution in [0, 0.1) is 13.8 Å². The number of anilines is 2. The van der Waals surface area contributed by atoms with Crippen LogP contribution in [-0.2, 0) is 9.59 Å². The van der Waals surface area contributed by atoms with Gasteiger partial charge in [-0.3, -0.25) is 20.2 Å². The lowest BCUT2D eigenvalue weighted by Gasteiger charge is -2.02. The third-order valence-corrected chi connectivity index (χ3v) is 5.80. The van der Waals surface area contributed by atoms with Gasteiger partial charge in [0.2, 0.25) is 0 Å². The van der Waals surface area contributed by atoms with Crippen LogP contribution in [0.25, 0.3) is 22.5 Å². The van der Waals surface area contributed by atoms with E-state index in [1.54, 1.807) is 0 Å². The van der Waals surface area contributed by atoms with Crippen LogP contribution in [-0.4, -0.2) is 21.8 Å². The Kier molecular flexibility index (Phi) is 5.69. The number of nitrogens with one attached hydrogen (secondary N) is 2. The van der Waals surface area contributed by atoms with Gasteiger partial charge in [0, 0.05) is 21.9 Å². The molecule has 0 aliphatic heterocycles. The van der Waals surface area contributed by atoms with E-state index in [4.69, 9.17) is 0 Å². The minimum absolute atomic E-state index is 0.367. The highest BCUT2D eigenvalue weighted by Crippen LogP contribution is 2.27. The summed E-state index contributed by atoms with van der Waals surface area (Å²) < 4.78 is 0. The first-order chi connectivity index (χ1) is 14.5. The molecule has 4 aromatic rings. The third kappa shape index (κ3) is 4.61. The summed E-state index contributed by atoms with van der Waals surface area (Å²) in [5, 5.41) is 9.51. The van der Waals surface area contributed by atoms with Gasteiger partial charge in [0.1, 0.15) is 0 Å². The lowest BCUT2D eigenvalue weighted by molar-refractivity contribution is -0.132. The molecule has 4 rings (SSSR count). The van der Waals surface area contributed by atoms with Gasteiger partial charge in [-0.2, -0.15) is 0 Å². The molecule has 0 fully saturated rings. The first kappa shape index (κ1) is 19.9. The number of amides is 2. The van der Waals surface area contributed by atoms with Crippen molar-refractivity contribution in [1.82, 2.24) is 9.97 Å². The van der Waals surface area contributed by atoms with Crippen LogP contribution >= 0.6 is 22.7 Å². The maximum Gasteiger partial charge on any atom is 0.315 e. The van der Waals surface area contributed by atoms with Gasteiger partial charge in [0.25, 0.3) is 0 Å². The Morgan fingerprint density at radius 1 is 0.733 bits per heavy atom. The van der Waals surface area contributed by atoms with Crippen molar-refractivity contribution in [3.05, 3.63) is 70.4 Å². The Labute approximate surface area is 181 Å². The fraction of sp³-hybridized carbons (Fsp3) is 0.0909. The molecule has 6 nitrogen and oxygen atoms in total. The van der Waals surface area contributed by atoms with Crippen LogP contribution < -0.4 is 10.6 Å². The molecule has 0 bridgehead atoms. The number of benzene rings is 2. The topological polar surface area (TPSA) is 84.0 Å². The zero-order chi connectivity index (χ0) is 21.1. The van der Waals surface area contributed by atoms with Gasteiger partial charge in [-0.15, -0.1) is 22.7 Å². The third-order valence-electron chi connectivity index (χ3n) is 4.28. The molecule has 0 unspecified atom stereocenters. The summed E-state index contributed by atoms with van der Waals surface area (Å²) in [5.41, 5.74) is 5.67. The first-order valence-corrected chi connectivity index (χ1v) is 10.9. The second kappa shape index (κ2) is 8.56. The number of thiazole rings is 2. The average Bonchev–Trinajstić information content (AvgIpc) is 3.38. The van der Waals surface area contributed by atoms with E-state index in [2.05, 4.69) is 20.6 Å². The highest BCUT2D eigenvalue weighted by atomic mass is 32.1. The summed E-state index contributed by atoms with van der Waals surface area (Å²) >= 11 is 2.54. The van der Waals surface area contributed by atoms with Crippen LogP contribution in [0.5, 0.6) is 0 Å². The zero-order valence-electron chi connectivity index (χ0n) is 16.3. The van der Waals surface area contributed by atoms with Crippen LogP contribution in [0.4, 0.5) is 10.3 Å². The summed E-state index contributed by atoms with van der Waals surface area (Å²) in [6.07, 6.45) is 0. The highest BCUT2D eigenvalue weighted by molar-refractivity contribution is 7.14. The molecule has 2 N–H and O–H groups in total. The van der Waals surface area contributed by atoms with Crippen molar-refractivity contribution in [2.45, 2.75) is 13.8 Å². The Hall–Kier alpha value is -3.36. The molecular weight excluding hydrogens is 416 g/mol. The van der Waals surface area contributed by atoms with E-state index in [0.29, 0.717) is 10.3 Å². The van der Waals surface area contributed by atoms with Crippen molar-refractivity contribution in [2.75, 3.05) is 10.6 Å². The SMILES string of the molecule is Cc1cccc(-c2csc(NC(=O)C(=O)Nc3nc(-c4cccc(C)c4)cs3)n2)c1. The van der Waals surface area contributed by atoms with Crippen LogP contribution in [0.3, 0.4) is 0 Å². The number of aromatic nitrogens is 2. The van der Waals surface area contributed by atoms with E-state index in [9.17, 15) is 9.59 Å². The molecule has 0 aliphatic carbocycles. The van der Waals surface area contributed by atoms with E-state index in [1.165, 1.54) is 22.7 Å². The molecule has 30 heavy (non-hydrogen) atoms. The number of carbonyl (C=O) groups is 2. The van der Waals surface area contributed by atoms with Crippen molar-refractivity contribution >= 4 is 44.8 Å². The number of hydrogen-bond acceptors (Lipinski definition) is 6. The average molecular weight is 435 g/mol. The fourth-order valence-corrected chi connectivity index (χ4v) is 4.27. The van der Waals surface area contributed by atoms with Crippen molar-refractivity contribution in [1.29, 1.82) is 0 Å². The number of aryl methyl sites for hydroxylation is 2. The van der Waals surface area contributed by atoms with Crippen molar-refractivity contribution in [2.24, 2.45) is 0 Å². The normalized spacial score (nSPS) is 10.6. The monoisotopic (exact) mass is 434 g/mol. The van der Waals surface area contributed by atoms with Crippen molar-refractivity contribution < 1.29 is 9.59 Å². The van der Waals surface area contributed by atoms with Gasteiger partial charge < -0.3 is 0 Å². The zero-order valence-corrected chi connectivity index (χ0v) is 17.9. The van der Waals surface area contributed by atoms with Gasteiger partial charge in [0.05, 0.1) is 11.4 Å². The summed E-state index contributed by atoms with van der Waals surface area (Å²) in [4.78, 5) is 33.3. The predicted octanol–water partition coefficient (Wildman–Crippen LogP) is 5.13. The second-order valence-corrected chi connectivity index (χ2v) is 8.44.